The maximum absolute atomic E-state index is 11.3. The predicted octanol–water partition coefficient (Wildman–Crippen LogP) is 0.597. The fourth-order valence-electron chi connectivity index (χ4n) is 1.85. The van der Waals surface area contributed by atoms with Crippen molar-refractivity contribution >= 4 is 11.8 Å². The molecule has 1 aromatic heterocycles. The zero-order valence-corrected chi connectivity index (χ0v) is 9.46. The number of hydrogen-bond donors (Lipinski definition) is 2. The molecule has 0 saturated heterocycles. The number of rotatable bonds is 3. The van der Waals surface area contributed by atoms with Crippen LogP contribution >= 0.6 is 11.8 Å². The Kier molecular flexibility index (Phi) is 3.16. The highest BCUT2D eigenvalue weighted by Gasteiger charge is 2.27. The summed E-state index contributed by atoms with van der Waals surface area (Å²) in [6, 6.07) is 0. The van der Waals surface area contributed by atoms with Gasteiger partial charge in [-0.25, -0.2) is 9.89 Å². The van der Waals surface area contributed by atoms with Crippen LogP contribution in [-0.4, -0.2) is 31.2 Å². The number of H-pyrrole nitrogens is 1. The molecular weight excluding hydrogens is 214 g/mol. The van der Waals surface area contributed by atoms with E-state index in [4.69, 9.17) is 0 Å². The number of nitrogens with one attached hydrogen (secondary N) is 1. The molecule has 2 rings (SSSR count). The van der Waals surface area contributed by atoms with Crippen LogP contribution in [0.2, 0.25) is 0 Å². The van der Waals surface area contributed by atoms with Gasteiger partial charge in [-0.2, -0.15) is 0 Å². The van der Waals surface area contributed by atoms with E-state index in [0.717, 1.165) is 19.3 Å². The van der Waals surface area contributed by atoms with Gasteiger partial charge in [0.1, 0.15) is 0 Å². The summed E-state index contributed by atoms with van der Waals surface area (Å²) in [6.45, 7) is 2.52. The lowest BCUT2D eigenvalue weighted by atomic mass is 10.3. The van der Waals surface area contributed by atoms with E-state index < -0.39 is 0 Å². The van der Waals surface area contributed by atoms with Crippen molar-refractivity contribution in [1.82, 2.24) is 14.8 Å². The molecule has 1 heterocycles. The third kappa shape index (κ3) is 2.10. The van der Waals surface area contributed by atoms with Crippen molar-refractivity contribution in [2.75, 3.05) is 0 Å². The first-order valence-corrected chi connectivity index (χ1v) is 6.10. The largest absolute Gasteiger partial charge is 0.392 e. The molecule has 0 amide bonds. The highest BCUT2D eigenvalue weighted by atomic mass is 32.2. The van der Waals surface area contributed by atoms with E-state index in [-0.39, 0.29) is 17.0 Å². The van der Waals surface area contributed by atoms with Gasteiger partial charge >= 0.3 is 5.69 Å². The number of aromatic nitrogens is 3. The van der Waals surface area contributed by atoms with Crippen LogP contribution in [0.5, 0.6) is 0 Å². The van der Waals surface area contributed by atoms with E-state index in [0.29, 0.717) is 11.7 Å². The molecule has 1 aromatic rings. The molecule has 15 heavy (non-hydrogen) atoms. The molecular formula is C9H15N3O2S. The summed E-state index contributed by atoms with van der Waals surface area (Å²) < 4.78 is 1.59. The Morgan fingerprint density at radius 3 is 3.07 bits per heavy atom. The molecule has 2 N–H and O–H groups in total. The van der Waals surface area contributed by atoms with Gasteiger partial charge < -0.3 is 5.11 Å². The molecule has 0 radical (unpaired) electrons. The Morgan fingerprint density at radius 2 is 2.47 bits per heavy atom. The van der Waals surface area contributed by atoms with Gasteiger partial charge in [0, 0.05) is 11.8 Å². The van der Waals surface area contributed by atoms with E-state index in [9.17, 15) is 9.90 Å². The van der Waals surface area contributed by atoms with Crippen LogP contribution in [0.4, 0.5) is 0 Å². The normalized spacial score (nSPS) is 26.0. The monoisotopic (exact) mass is 229 g/mol. The van der Waals surface area contributed by atoms with Gasteiger partial charge in [0.05, 0.1) is 6.10 Å². The molecule has 1 aliphatic rings. The molecule has 0 unspecified atom stereocenters. The second-order valence-electron chi connectivity index (χ2n) is 3.71. The molecule has 0 bridgehead atoms. The minimum absolute atomic E-state index is 0.174. The summed E-state index contributed by atoms with van der Waals surface area (Å²) in [5.74, 6) is 0. The summed E-state index contributed by atoms with van der Waals surface area (Å²) in [5.41, 5.74) is -0.174. The van der Waals surface area contributed by atoms with Crippen LogP contribution < -0.4 is 5.69 Å². The maximum atomic E-state index is 11.3. The number of hydrogen-bond acceptors (Lipinski definition) is 4. The SMILES string of the molecule is CCn1c(S[C@@H]2CCC[C@H]2O)n[nH]c1=O. The first kappa shape index (κ1) is 10.8. The average molecular weight is 229 g/mol. The Labute approximate surface area is 91.9 Å². The van der Waals surface area contributed by atoms with E-state index in [1.807, 2.05) is 6.92 Å². The van der Waals surface area contributed by atoms with E-state index in [2.05, 4.69) is 10.2 Å². The molecule has 2 atom stereocenters. The van der Waals surface area contributed by atoms with E-state index in [1.165, 1.54) is 11.8 Å². The molecule has 0 spiro atoms. The maximum Gasteiger partial charge on any atom is 0.343 e. The third-order valence-corrected chi connectivity index (χ3v) is 4.09. The molecule has 84 valence electrons. The van der Waals surface area contributed by atoms with Gasteiger partial charge in [-0.1, -0.05) is 11.8 Å². The average Bonchev–Trinajstić information content (AvgIpc) is 2.76. The van der Waals surface area contributed by atoms with E-state index in [1.54, 1.807) is 4.57 Å². The molecule has 1 saturated carbocycles. The minimum Gasteiger partial charge on any atom is -0.392 e. The summed E-state index contributed by atoms with van der Waals surface area (Å²) >= 11 is 1.50. The Bertz CT molecular complexity index is 387. The van der Waals surface area contributed by atoms with Crippen LogP contribution in [0.15, 0.2) is 9.95 Å². The van der Waals surface area contributed by atoms with Gasteiger partial charge in [-0.05, 0) is 26.2 Å². The van der Waals surface area contributed by atoms with Crippen LogP contribution in [0.3, 0.4) is 0 Å². The van der Waals surface area contributed by atoms with Crippen molar-refractivity contribution in [1.29, 1.82) is 0 Å². The second-order valence-corrected chi connectivity index (χ2v) is 4.92. The second kappa shape index (κ2) is 4.40. The van der Waals surface area contributed by atoms with Crippen LogP contribution in [0.25, 0.3) is 0 Å². The van der Waals surface area contributed by atoms with Crippen molar-refractivity contribution in [2.24, 2.45) is 0 Å². The Hall–Kier alpha value is -0.750. The third-order valence-electron chi connectivity index (χ3n) is 2.71. The van der Waals surface area contributed by atoms with Gasteiger partial charge in [0.2, 0.25) is 0 Å². The number of aliphatic hydroxyl groups is 1. The zero-order chi connectivity index (χ0) is 10.8. The quantitative estimate of drug-likeness (QED) is 0.796. The van der Waals surface area contributed by atoms with Crippen LogP contribution in [0.1, 0.15) is 26.2 Å². The van der Waals surface area contributed by atoms with Gasteiger partial charge in [-0.15, -0.1) is 5.10 Å². The molecule has 6 heteroatoms. The first-order valence-electron chi connectivity index (χ1n) is 5.22. The van der Waals surface area contributed by atoms with Gasteiger partial charge in [0.15, 0.2) is 5.16 Å². The molecule has 5 nitrogen and oxygen atoms in total. The Balaban J connectivity index is 2.13. The summed E-state index contributed by atoms with van der Waals surface area (Å²) in [4.78, 5) is 11.3. The zero-order valence-electron chi connectivity index (χ0n) is 8.64. The predicted molar refractivity (Wildman–Crippen MR) is 58.0 cm³/mol. The fourth-order valence-corrected chi connectivity index (χ4v) is 3.14. The molecule has 0 aliphatic heterocycles. The van der Waals surface area contributed by atoms with E-state index >= 15 is 0 Å². The molecule has 1 fully saturated rings. The minimum atomic E-state index is -0.257. The lowest BCUT2D eigenvalue weighted by molar-refractivity contribution is 0.188. The Morgan fingerprint density at radius 1 is 1.67 bits per heavy atom. The number of nitrogens with zero attached hydrogens (tertiary/aromatic N) is 2. The van der Waals surface area contributed by atoms with Crippen molar-refractivity contribution in [3.05, 3.63) is 10.5 Å². The number of thioether (sulfide) groups is 1. The molecule has 1 aliphatic carbocycles. The molecule has 0 aromatic carbocycles. The van der Waals surface area contributed by atoms with Gasteiger partial charge in [-0.3, -0.25) is 4.57 Å². The summed E-state index contributed by atoms with van der Waals surface area (Å²) in [7, 11) is 0. The van der Waals surface area contributed by atoms with Crippen LogP contribution in [-0.2, 0) is 6.54 Å². The first-order chi connectivity index (χ1) is 7.22. The summed E-state index contributed by atoms with van der Waals surface area (Å²) in [5, 5.41) is 16.9. The number of aromatic amines is 1. The lowest BCUT2D eigenvalue weighted by Crippen LogP contribution is -2.19. The highest BCUT2D eigenvalue weighted by Crippen LogP contribution is 2.33. The highest BCUT2D eigenvalue weighted by molar-refractivity contribution is 7.99. The van der Waals surface area contributed by atoms with Gasteiger partial charge in [0.25, 0.3) is 0 Å². The van der Waals surface area contributed by atoms with Crippen molar-refractivity contribution in [3.63, 3.8) is 0 Å². The summed E-state index contributed by atoms with van der Waals surface area (Å²) in [6.07, 6.45) is 2.65. The topological polar surface area (TPSA) is 70.9 Å². The smallest absolute Gasteiger partial charge is 0.343 e. The number of aliphatic hydroxyl groups excluding tert-OH is 1. The fraction of sp³-hybridized carbons (Fsp3) is 0.778. The van der Waals surface area contributed by atoms with Crippen LogP contribution in [0, 0.1) is 0 Å². The standard InChI is InChI=1S/C9H15N3O2S/c1-2-12-8(14)10-11-9(12)15-7-5-3-4-6(7)13/h6-7,13H,2-5H2,1H3,(H,10,14)/t6-,7-/m1/s1. The van der Waals surface area contributed by atoms with Crippen molar-refractivity contribution in [2.45, 2.75) is 49.2 Å². The van der Waals surface area contributed by atoms with Crippen molar-refractivity contribution in [3.8, 4) is 0 Å². The lowest BCUT2D eigenvalue weighted by Gasteiger charge is -2.12. The van der Waals surface area contributed by atoms with Crippen molar-refractivity contribution < 1.29 is 5.11 Å².